The van der Waals surface area contributed by atoms with Gasteiger partial charge in [0.25, 0.3) is 5.91 Å². The molecule has 0 radical (unpaired) electrons. The molecule has 1 aromatic heterocycles. The largest absolute Gasteiger partial charge is 0.368 e. The molecule has 138 valence electrons. The van der Waals surface area contributed by atoms with Crippen LogP contribution >= 0.6 is 0 Å². The molecule has 0 unspecified atom stereocenters. The van der Waals surface area contributed by atoms with E-state index in [9.17, 15) is 4.79 Å². The maximum atomic E-state index is 12.8. The zero-order valence-electron chi connectivity index (χ0n) is 14.8. The normalized spacial score (nSPS) is 19.2. The van der Waals surface area contributed by atoms with Crippen LogP contribution in [0.15, 0.2) is 24.3 Å². The number of nitrogens with zero attached hydrogens (tertiary/aromatic N) is 5. The molecule has 2 fully saturated rings. The first-order valence-electron chi connectivity index (χ1n) is 9.23. The zero-order valence-corrected chi connectivity index (χ0v) is 14.8. The van der Waals surface area contributed by atoms with Crippen molar-refractivity contribution in [1.82, 2.24) is 24.6 Å². The highest BCUT2D eigenvalue weighted by Crippen LogP contribution is 2.22. The lowest BCUT2D eigenvalue weighted by molar-refractivity contribution is 0.0644. The van der Waals surface area contributed by atoms with Gasteiger partial charge >= 0.3 is 0 Å². The minimum absolute atomic E-state index is 0.0856. The fraction of sp³-hybridized carbons (Fsp3) is 0.500. The van der Waals surface area contributed by atoms with E-state index < -0.39 is 0 Å². The Morgan fingerprint density at radius 3 is 2.23 bits per heavy atom. The van der Waals surface area contributed by atoms with Gasteiger partial charge in [-0.25, -0.2) is 0 Å². The van der Waals surface area contributed by atoms with Crippen molar-refractivity contribution in [3.05, 3.63) is 29.8 Å². The minimum Gasteiger partial charge on any atom is -0.368 e. The predicted molar refractivity (Wildman–Crippen MR) is 99.9 cm³/mol. The molecule has 0 aliphatic carbocycles. The van der Waals surface area contributed by atoms with Crippen molar-refractivity contribution in [2.75, 3.05) is 37.6 Å². The van der Waals surface area contributed by atoms with Crippen LogP contribution < -0.4 is 11.5 Å². The highest BCUT2D eigenvalue weighted by Gasteiger charge is 2.28. The highest BCUT2D eigenvalue weighted by atomic mass is 16.2. The third-order valence-corrected chi connectivity index (χ3v) is 5.42. The Kier molecular flexibility index (Phi) is 4.50. The van der Waals surface area contributed by atoms with Crippen LogP contribution in [-0.2, 0) is 0 Å². The van der Waals surface area contributed by atoms with E-state index in [4.69, 9.17) is 11.5 Å². The Hall–Kier alpha value is -2.61. The van der Waals surface area contributed by atoms with E-state index >= 15 is 0 Å². The van der Waals surface area contributed by atoms with E-state index in [0.29, 0.717) is 11.6 Å². The number of nitrogens with two attached hydrogens (primary N) is 2. The maximum absolute atomic E-state index is 12.8. The van der Waals surface area contributed by atoms with Gasteiger partial charge in [-0.05, 0) is 63.0 Å². The van der Waals surface area contributed by atoms with Crippen LogP contribution in [0.5, 0.6) is 0 Å². The van der Waals surface area contributed by atoms with Gasteiger partial charge in [-0.3, -0.25) is 4.79 Å². The number of aromatic nitrogens is 3. The summed E-state index contributed by atoms with van der Waals surface area (Å²) < 4.78 is 1.46. The first-order chi connectivity index (χ1) is 12.6. The lowest BCUT2D eigenvalue weighted by Gasteiger charge is -2.36. The summed E-state index contributed by atoms with van der Waals surface area (Å²) in [6.07, 6.45) is 4.76. The second-order valence-corrected chi connectivity index (χ2v) is 7.05. The van der Waals surface area contributed by atoms with Crippen LogP contribution in [0.2, 0.25) is 0 Å². The van der Waals surface area contributed by atoms with E-state index in [0.717, 1.165) is 31.6 Å². The highest BCUT2D eigenvalue weighted by molar-refractivity contribution is 5.94. The van der Waals surface area contributed by atoms with Crippen molar-refractivity contribution >= 4 is 17.8 Å². The summed E-state index contributed by atoms with van der Waals surface area (Å²) in [4.78, 5) is 21.2. The first-order valence-corrected chi connectivity index (χ1v) is 9.23. The van der Waals surface area contributed by atoms with Crippen molar-refractivity contribution in [2.24, 2.45) is 0 Å². The van der Waals surface area contributed by atoms with Crippen LogP contribution in [0.1, 0.15) is 36.0 Å². The predicted octanol–water partition coefficient (Wildman–Crippen LogP) is 1.13. The average molecular weight is 355 g/mol. The van der Waals surface area contributed by atoms with Crippen molar-refractivity contribution in [3.63, 3.8) is 0 Å². The zero-order chi connectivity index (χ0) is 18.1. The number of hydrogen-bond donors (Lipinski definition) is 2. The van der Waals surface area contributed by atoms with Gasteiger partial charge in [0.2, 0.25) is 11.9 Å². The third kappa shape index (κ3) is 3.24. The number of carbonyl (C=O) groups is 1. The molecule has 0 bridgehead atoms. The fourth-order valence-electron chi connectivity index (χ4n) is 4.00. The number of piperidine rings is 1. The molecule has 2 aliphatic rings. The standard InChI is InChI=1S/C18H25N7O/c19-17-21-18(20)25(22-17)15-5-3-13(4-6-15)16(26)24-11-7-14(8-12-24)23-9-1-2-10-23/h3-6,14H,1-2,7-12H2,(H4,19,20,21,22). The summed E-state index contributed by atoms with van der Waals surface area (Å²) in [5, 5.41) is 4.05. The SMILES string of the molecule is Nc1nc(N)n(-c2ccc(C(=O)N3CCC(N4CCCC4)CC3)cc2)n1. The molecule has 0 saturated carbocycles. The van der Waals surface area contributed by atoms with E-state index in [1.165, 1.54) is 30.6 Å². The Bertz CT molecular complexity index is 771. The lowest BCUT2D eigenvalue weighted by Crippen LogP contribution is -2.45. The molecule has 4 N–H and O–H groups in total. The number of amides is 1. The Balaban J connectivity index is 1.40. The molecule has 1 aromatic carbocycles. The second-order valence-electron chi connectivity index (χ2n) is 7.05. The molecule has 8 nitrogen and oxygen atoms in total. The van der Waals surface area contributed by atoms with Crippen LogP contribution in [0, 0.1) is 0 Å². The summed E-state index contributed by atoms with van der Waals surface area (Å²) in [6, 6.07) is 7.89. The molecule has 2 aromatic rings. The number of carbonyl (C=O) groups excluding carboxylic acids is 1. The Labute approximate surface area is 152 Å². The average Bonchev–Trinajstić information content (AvgIpc) is 3.31. The van der Waals surface area contributed by atoms with E-state index in [1.54, 1.807) is 0 Å². The molecule has 3 heterocycles. The number of nitrogen functional groups attached to an aromatic ring is 2. The van der Waals surface area contributed by atoms with Crippen molar-refractivity contribution < 1.29 is 4.79 Å². The quantitative estimate of drug-likeness (QED) is 0.855. The molecule has 4 rings (SSSR count). The Morgan fingerprint density at radius 1 is 1.00 bits per heavy atom. The van der Waals surface area contributed by atoms with Crippen molar-refractivity contribution in [2.45, 2.75) is 31.7 Å². The van der Waals surface area contributed by atoms with Gasteiger partial charge in [0.05, 0.1) is 5.69 Å². The van der Waals surface area contributed by atoms with Crippen LogP contribution in [0.4, 0.5) is 11.9 Å². The summed E-state index contributed by atoms with van der Waals surface area (Å²) >= 11 is 0. The summed E-state index contributed by atoms with van der Waals surface area (Å²) in [5.41, 5.74) is 12.8. The van der Waals surface area contributed by atoms with Gasteiger partial charge < -0.3 is 21.3 Å². The number of hydrogen-bond acceptors (Lipinski definition) is 6. The molecule has 0 atom stereocenters. The van der Waals surface area contributed by atoms with Crippen LogP contribution in [0.3, 0.4) is 0 Å². The topological polar surface area (TPSA) is 106 Å². The van der Waals surface area contributed by atoms with Gasteiger partial charge in [0, 0.05) is 24.7 Å². The second kappa shape index (κ2) is 6.95. The first kappa shape index (κ1) is 16.8. The minimum atomic E-state index is 0.0856. The van der Waals surface area contributed by atoms with Crippen molar-refractivity contribution in [3.8, 4) is 5.69 Å². The maximum Gasteiger partial charge on any atom is 0.253 e. The number of benzene rings is 1. The molecule has 0 spiro atoms. The Morgan fingerprint density at radius 2 is 1.65 bits per heavy atom. The summed E-state index contributed by atoms with van der Waals surface area (Å²) in [6.45, 7) is 4.09. The smallest absolute Gasteiger partial charge is 0.253 e. The number of anilines is 2. The molecule has 2 aliphatic heterocycles. The molecular formula is C18H25N7O. The van der Waals surface area contributed by atoms with Gasteiger partial charge in [-0.15, -0.1) is 5.10 Å². The van der Waals surface area contributed by atoms with E-state index in [2.05, 4.69) is 15.0 Å². The molecule has 8 heteroatoms. The summed E-state index contributed by atoms with van der Waals surface area (Å²) in [7, 11) is 0. The molecule has 1 amide bonds. The number of rotatable bonds is 3. The molecular weight excluding hydrogens is 330 g/mol. The molecule has 26 heavy (non-hydrogen) atoms. The number of likely N-dealkylation sites (tertiary alicyclic amines) is 2. The summed E-state index contributed by atoms with van der Waals surface area (Å²) in [5.74, 6) is 0.441. The fourth-order valence-corrected chi connectivity index (χ4v) is 4.00. The van der Waals surface area contributed by atoms with E-state index in [1.807, 2.05) is 29.2 Å². The monoisotopic (exact) mass is 355 g/mol. The van der Waals surface area contributed by atoms with Crippen LogP contribution in [-0.4, -0.2) is 62.7 Å². The molecule has 2 saturated heterocycles. The van der Waals surface area contributed by atoms with E-state index in [-0.39, 0.29) is 17.8 Å². The van der Waals surface area contributed by atoms with Gasteiger partial charge in [0.1, 0.15) is 0 Å². The van der Waals surface area contributed by atoms with Crippen molar-refractivity contribution in [1.29, 1.82) is 0 Å². The van der Waals surface area contributed by atoms with Crippen LogP contribution in [0.25, 0.3) is 5.69 Å². The van der Waals surface area contributed by atoms with Gasteiger partial charge in [0.15, 0.2) is 0 Å². The van der Waals surface area contributed by atoms with Gasteiger partial charge in [-0.2, -0.15) is 9.67 Å². The third-order valence-electron chi connectivity index (χ3n) is 5.42. The van der Waals surface area contributed by atoms with Gasteiger partial charge in [-0.1, -0.05) is 0 Å². The lowest BCUT2D eigenvalue weighted by atomic mass is 10.0.